The fourth-order valence-electron chi connectivity index (χ4n) is 3.51. The molecule has 0 amide bonds. The summed E-state index contributed by atoms with van der Waals surface area (Å²) >= 11 is 13.5. The molecule has 0 N–H and O–H groups in total. The van der Waals surface area contributed by atoms with Crippen molar-refractivity contribution in [3.05, 3.63) is 69.1 Å². The van der Waals surface area contributed by atoms with Gasteiger partial charge in [0, 0.05) is 53.6 Å². The van der Waals surface area contributed by atoms with Crippen LogP contribution in [0, 0.1) is 0 Å². The molecule has 2 aromatic carbocycles. The molecule has 1 aromatic heterocycles. The summed E-state index contributed by atoms with van der Waals surface area (Å²) in [5.74, 6) is 0.844. The molecule has 0 aliphatic carbocycles. The topological polar surface area (TPSA) is 62.7 Å². The number of anilines is 1. The lowest BCUT2D eigenvalue weighted by Crippen LogP contribution is -2.48. The molecular weight excluding hydrogens is 477 g/mol. The van der Waals surface area contributed by atoms with E-state index in [4.69, 9.17) is 32.9 Å². The number of nitrogens with zero attached hydrogens (tertiary/aromatic N) is 3. The van der Waals surface area contributed by atoms with Crippen molar-refractivity contribution in [3.63, 3.8) is 0 Å². The second-order valence-electron chi connectivity index (χ2n) is 7.11. The molecule has 0 atom stereocenters. The van der Waals surface area contributed by atoms with Crippen molar-refractivity contribution in [3.8, 4) is 5.75 Å². The first-order valence-corrected chi connectivity index (χ1v) is 12.7. The summed E-state index contributed by atoms with van der Waals surface area (Å²) in [6.07, 6.45) is 0.685. The van der Waals surface area contributed by atoms with Crippen LogP contribution in [-0.4, -0.2) is 51.0 Å². The van der Waals surface area contributed by atoms with E-state index in [1.165, 1.54) is 22.5 Å². The molecule has 1 aliphatic heterocycles. The fraction of sp³-hybridized carbons (Fsp3) is 0.286. The SMILES string of the molecule is COc1ccccc1Cc1csc(N2CCN(S(=O)(=O)c3cc(Cl)cc(Cl)c3)CC2)n1. The lowest BCUT2D eigenvalue weighted by molar-refractivity contribution is 0.384. The summed E-state index contributed by atoms with van der Waals surface area (Å²) in [7, 11) is -1.99. The van der Waals surface area contributed by atoms with Gasteiger partial charge in [0.15, 0.2) is 5.13 Å². The number of ether oxygens (including phenoxy) is 1. The van der Waals surface area contributed by atoms with Crippen molar-refractivity contribution in [2.45, 2.75) is 11.3 Å². The second-order valence-corrected chi connectivity index (χ2v) is 10.8. The quantitative estimate of drug-likeness (QED) is 0.499. The van der Waals surface area contributed by atoms with Gasteiger partial charge < -0.3 is 9.64 Å². The van der Waals surface area contributed by atoms with Gasteiger partial charge in [0.25, 0.3) is 0 Å². The Kier molecular flexibility index (Phi) is 6.74. The van der Waals surface area contributed by atoms with Crippen LogP contribution in [0.2, 0.25) is 10.0 Å². The van der Waals surface area contributed by atoms with E-state index in [-0.39, 0.29) is 4.90 Å². The van der Waals surface area contributed by atoms with Crippen molar-refractivity contribution in [1.29, 1.82) is 0 Å². The third-order valence-corrected chi connectivity index (χ3v) is 8.35. The smallest absolute Gasteiger partial charge is 0.243 e. The molecule has 0 unspecified atom stereocenters. The molecule has 2 heterocycles. The number of halogens is 2. The molecule has 0 radical (unpaired) electrons. The summed E-state index contributed by atoms with van der Waals surface area (Å²) in [4.78, 5) is 7.00. The summed E-state index contributed by atoms with van der Waals surface area (Å²) in [5.41, 5.74) is 2.05. The maximum Gasteiger partial charge on any atom is 0.243 e. The Labute approximate surface area is 196 Å². The van der Waals surface area contributed by atoms with Gasteiger partial charge in [-0.1, -0.05) is 41.4 Å². The van der Waals surface area contributed by atoms with Gasteiger partial charge in [-0.15, -0.1) is 11.3 Å². The summed E-state index contributed by atoms with van der Waals surface area (Å²) in [5, 5.41) is 3.54. The third-order valence-electron chi connectivity index (χ3n) is 5.09. The molecule has 0 saturated carbocycles. The highest BCUT2D eigenvalue weighted by molar-refractivity contribution is 7.89. The Hall–Kier alpha value is -1.84. The Bertz CT molecular complexity index is 1160. The number of sulfonamides is 1. The van der Waals surface area contributed by atoms with E-state index >= 15 is 0 Å². The molecule has 3 aromatic rings. The zero-order valence-corrected chi connectivity index (χ0v) is 19.9. The Morgan fingerprint density at radius 1 is 1.06 bits per heavy atom. The maximum atomic E-state index is 13.0. The molecule has 0 bridgehead atoms. The van der Waals surface area contributed by atoms with Crippen LogP contribution in [0.1, 0.15) is 11.3 Å². The lowest BCUT2D eigenvalue weighted by atomic mass is 10.1. The number of methoxy groups -OCH3 is 1. The standard InChI is InChI=1S/C21H21Cl2N3O3S2/c1-29-20-5-3-2-4-15(20)10-18-14-30-21(24-18)25-6-8-26(9-7-25)31(27,28)19-12-16(22)11-17(23)13-19/h2-5,11-14H,6-10H2,1H3. The van der Waals surface area contributed by atoms with Crippen LogP contribution in [0.4, 0.5) is 5.13 Å². The number of aromatic nitrogens is 1. The van der Waals surface area contributed by atoms with Crippen LogP contribution < -0.4 is 9.64 Å². The Balaban J connectivity index is 1.42. The number of piperazine rings is 1. The summed E-state index contributed by atoms with van der Waals surface area (Å²) in [6.45, 7) is 1.87. The largest absolute Gasteiger partial charge is 0.496 e. The highest BCUT2D eigenvalue weighted by Gasteiger charge is 2.30. The van der Waals surface area contributed by atoms with Gasteiger partial charge in [-0.2, -0.15) is 4.31 Å². The number of para-hydroxylation sites is 1. The second kappa shape index (κ2) is 9.34. The summed E-state index contributed by atoms with van der Waals surface area (Å²) < 4.78 is 32.8. The Morgan fingerprint density at radius 2 is 1.74 bits per heavy atom. The molecule has 164 valence electrons. The molecular formula is C21H21Cl2N3O3S2. The predicted molar refractivity (Wildman–Crippen MR) is 125 cm³/mol. The summed E-state index contributed by atoms with van der Waals surface area (Å²) in [6, 6.07) is 12.3. The van der Waals surface area contributed by atoms with Crippen molar-refractivity contribution < 1.29 is 13.2 Å². The van der Waals surface area contributed by atoms with Crippen molar-refractivity contribution >= 4 is 49.7 Å². The number of hydrogen-bond donors (Lipinski definition) is 0. The number of hydrogen-bond acceptors (Lipinski definition) is 6. The van der Waals surface area contributed by atoms with Gasteiger partial charge in [-0.25, -0.2) is 13.4 Å². The maximum absolute atomic E-state index is 13.0. The van der Waals surface area contributed by atoms with Crippen molar-refractivity contribution in [2.75, 3.05) is 38.2 Å². The van der Waals surface area contributed by atoms with Crippen molar-refractivity contribution in [2.24, 2.45) is 0 Å². The van der Waals surface area contributed by atoms with Crippen LogP contribution in [0.5, 0.6) is 5.75 Å². The van der Waals surface area contributed by atoms with Crippen LogP contribution in [0.25, 0.3) is 0 Å². The van der Waals surface area contributed by atoms with Crippen LogP contribution in [0.15, 0.2) is 52.7 Å². The zero-order valence-electron chi connectivity index (χ0n) is 16.8. The Morgan fingerprint density at radius 3 is 2.42 bits per heavy atom. The van der Waals surface area contributed by atoms with E-state index < -0.39 is 10.0 Å². The highest BCUT2D eigenvalue weighted by Crippen LogP contribution is 2.28. The van der Waals surface area contributed by atoms with E-state index in [0.29, 0.717) is 42.6 Å². The number of rotatable bonds is 6. The first kappa shape index (κ1) is 22.4. The van der Waals surface area contributed by atoms with E-state index in [2.05, 4.69) is 4.90 Å². The normalized spacial score (nSPS) is 15.3. The minimum Gasteiger partial charge on any atom is -0.496 e. The van der Waals surface area contributed by atoms with Gasteiger partial charge >= 0.3 is 0 Å². The van der Waals surface area contributed by atoms with Gasteiger partial charge in [0.05, 0.1) is 17.7 Å². The molecule has 0 spiro atoms. The molecule has 1 saturated heterocycles. The molecule has 6 nitrogen and oxygen atoms in total. The molecule has 10 heteroatoms. The van der Waals surface area contributed by atoms with Crippen LogP contribution in [-0.2, 0) is 16.4 Å². The predicted octanol–water partition coefficient (Wildman–Crippen LogP) is 4.56. The van der Waals surface area contributed by atoms with Gasteiger partial charge in [0.1, 0.15) is 5.75 Å². The molecule has 31 heavy (non-hydrogen) atoms. The molecule has 1 aliphatic rings. The average molecular weight is 498 g/mol. The molecule has 4 rings (SSSR count). The number of thiazole rings is 1. The average Bonchev–Trinajstić information content (AvgIpc) is 3.22. The van der Waals surface area contributed by atoms with E-state index in [9.17, 15) is 8.42 Å². The zero-order chi connectivity index (χ0) is 22.0. The minimum atomic E-state index is -3.65. The molecule has 1 fully saturated rings. The van der Waals surface area contributed by atoms with E-state index in [1.54, 1.807) is 18.4 Å². The van der Waals surface area contributed by atoms with Crippen LogP contribution in [0.3, 0.4) is 0 Å². The van der Waals surface area contributed by atoms with Gasteiger partial charge in [0.2, 0.25) is 10.0 Å². The first-order valence-electron chi connectivity index (χ1n) is 9.64. The van der Waals surface area contributed by atoms with Gasteiger partial charge in [-0.3, -0.25) is 0 Å². The monoisotopic (exact) mass is 497 g/mol. The first-order chi connectivity index (χ1) is 14.9. The highest BCUT2D eigenvalue weighted by atomic mass is 35.5. The van der Waals surface area contributed by atoms with E-state index in [1.807, 2.05) is 29.6 Å². The fourth-order valence-corrected chi connectivity index (χ4v) is 6.54. The van der Waals surface area contributed by atoms with E-state index in [0.717, 1.165) is 22.1 Å². The lowest BCUT2D eigenvalue weighted by Gasteiger charge is -2.33. The van der Waals surface area contributed by atoms with Crippen molar-refractivity contribution in [1.82, 2.24) is 9.29 Å². The third kappa shape index (κ3) is 4.99. The minimum absolute atomic E-state index is 0.117. The van der Waals surface area contributed by atoms with Gasteiger partial charge in [-0.05, 0) is 24.3 Å². The van der Waals surface area contributed by atoms with Crippen LogP contribution >= 0.6 is 34.5 Å². The number of benzene rings is 2.